The zero-order chi connectivity index (χ0) is 23.7. The Morgan fingerprint density at radius 2 is 1.25 bits per heavy atom. The van der Waals surface area contributed by atoms with Crippen LogP contribution in [0.25, 0.3) is 0 Å². The lowest BCUT2D eigenvalue weighted by atomic mass is 9.95. The van der Waals surface area contributed by atoms with Gasteiger partial charge in [-0.05, 0) is 25.0 Å². The molecule has 0 spiro atoms. The Kier molecular flexibility index (Phi) is 9.32. The van der Waals surface area contributed by atoms with Crippen LogP contribution in [0.3, 0.4) is 0 Å². The number of nitrogens with one attached hydrogen (secondary N) is 2. The van der Waals surface area contributed by atoms with Gasteiger partial charge in [0, 0.05) is 58.8 Å². The largest absolute Gasteiger partial charge is 0.481 e. The molecule has 0 aromatic rings. The molecule has 5 N–H and O–H groups in total. The number of carboxylic acid groups (broad SMARTS) is 1. The highest BCUT2D eigenvalue weighted by Crippen LogP contribution is 2.29. The standard InChI is InChI=1S/C20H33N7O5/c1-3-16(28)22-26-12-8-24(9-13-26)20(19(21)32,7-5-6-18(30)31)25-10-14-27(15-11-25)23-17(29)4-2/h3-4H,1-2,5-15H2,(H2,21,32)(H,22,28)(H,23,29)(H,30,31). The number of piperazine rings is 2. The van der Waals surface area contributed by atoms with E-state index in [9.17, 15) is 19.2 Å². The Morgan fingerprint density at radius 3 is 1.56 bits per heavy atom. The van der Waals surface area contributed by atoms with Crippen molar-refractivity contribution in [2.24, 2.45) is 5.73 Å². The Hall–Kier alpha value is -2.80. The van der Waals surface area contributed by atoms with Gasteiger partial charge in [-0.2, -0.15) is 0 Å². The van der Waals surface area contributed by atoms with Crippen LogP contribution >= 0.6 is 0 Å². The van der Waals surface area contributed by atoms with Gasteiger partial charge in [-0.25, -0.2) is 10.0 Å². The Labute approximate surface area is 187 Å². The van der Waals surface area contributed by atoms with Crippen LogP contribution in [0.15, 0.2) is 25.3 Å². The minimum absolute atomic E-state index is 0.0697. The minimum atomic E-state index is -1.15. The van der Waals surface area contributed by atoms with Crippen molar-refractivity contribution >= 4 is 23.7 Å². The first kappa shape index (κ1) is 25.5. The molecule has 2 rings (SSSR count). The van der Waals surface area contributed by atoms with Crippen molar-refractivity contribution in [1.82, 2.24) is 30.7 Å². The Morgan fingerprint density at radius 1 is 0.844 bits per heavy atom. The first-order chi connectivity index (χ1) is 15.2. The summed E-state index contributed by atoms with van der Waals surface area (Å²) in [5.41, 5.74) is 10.3. The molecular formula is C20H33N7O5. The quantitative estimate of drug-likeness (QED) is 0.264. The highest BCUT2D eigenvalue weighted by Gasteiger charge is 2.49. The Bertz CT molecular complexity index is 686. The lowest BCUT2D eigenvalue weighted by molar-refractivity contribution is -0.158. The summed E-state index contributed by atoms with van der Waals surface area (Å²) in [6.07, 6.45) is 2.87. The van der Waals surface area contributed by atoms with Crippen LogP contribution in [0.5, 0.6) is 0 Å². The van der Waals surface area contributed by atoms with E-state index in [0.29, 0.717) is 58.8 Å². The lowest BCUT2D eigenvalue weighted by Crippen LogP contribution is -2.73. The Balaban J connectivity index is 2.16. The summed E-state index contributed by atoms with van der Waals surface area (Å²) in [7, 11) is 0. The minimum Gasteiger partial charge on any atom is -0.481 e. The van der Waals surface area contributed by atoms with E-state index < -0.39 is 17.5 Å². The molecule has 32 heavy (non-hydrogen) atoms. The fraction of sp³-hybridized carbons (Fsp3) is 0.600. The number of carboxylic acids is 1. The van der Waals surface area contributed by atoms with Crippen LogP contribution in [-0.2, 0) is 19.2 Å². The number of nitrogens with two attached hydrogens (primary N) is 1. The van der Waals surface area contributed by atoms with Crippen molar-refractivity contribution < 1.29 is 24.3 Å². The number of primary amides is 1. The molecule has 0 unspecified atom stereocenters. The van der Waals surface area contributed by atoms with Gasteiger partial charge in [-0.1, -0.05) is 13.2 Å². The van der Waals surface area contributed by atoms with Crippen molar-refractivity contribution in [2.75, 3.05) is 52.4 Å². The van der Waals surface area contributed by atoms with Crippen LogP contribution in [-0.4, -0.2) is 107 Å². The van der Waals surface area contributed by atoms with Gasteiger partial charge in [-0.15, -0.1) is 0 Å². The molecule has 2 aliphatic heterocycles. The molecule has 2 saturated heterocycles. The second-order valence-electron chi connectivity index (χ2n) is 7.74. The van der Waals surface area contributed by atoms with Crippen LogP contribution in [0.1, 0.15) is 19.3 Å². The van der Waals surface area contributed by atoms with Crippen molar-refractivity contribution in [2.45, 2.75) is 24.9 Å². The average molecular weight is 452 g/mol. The normalized spacial score (nSPS) is 19.1. The predicted octanol–water partition coefficient (Wildman–Crippen LogP) is -1.91. The van der Waals surface area contributed by atoms with Crippen LogP contribution in [0.2, 0.25) is 0 Å². The van der Waals surface area contributed by atoms with Crippen molar-refractivity contribution in [3.05, 3.63) is 25.3 Å². The highest BCUT2D eigenvalue weighted by molar-refractivity contribution is 5.87. The summed E-state index contributed by atoms with van der Waals surface area (Å²) in [4.78, 5) is 51.1. The molecule has 0 bridgehead atoms. The molecule has 0 radical (unpaired) electrons. The number of carbonyl (C=O) groups is 4. The van der Waals surface area contributed by atoms with E-state index in [-0.39, 0.29) is 24.7 Å². The maximum absolute atomic E-state index is 12.9. The number of rotatable bonds is 11. The van der Waals surface area contributed by atoms with Gasteiger partial charge < -0.3 is 10.8 Å². The second kappa shape index (κ2) is 11.7. The first-order valence-corrected chi connectivity index (χ1v) is 10.6. The van der Waals surface area contributed by atoms with Crippen LogP contribution < -0.4 is 16.6 Å². The number of nitrogens with zero attached hydrogens (tertiary/aromatic N) is 4. The molecule has 0 aromatic carbocycles. The van der Waals surface area contributed by atoms with Gasteiger partial charge in [0.15, 0.2) is 5.66 Å². The zero-order valence-electron chi connectivity index (χ0n) is 18.3. The van der Waals surface area contributed by atoms with E-state index in [4.69, 9.17) is 10.8 Å². The zero-order valence-corrected chi connectivity index (χ0v) is 18.3. The molecule has 3 amide bonds. The van der Waals surface area contributed by atoms with Gasteiger partial charge in [0.25, 0.3) is 17.7 Å². The number of carbonyl (C=O) groups excluding carboxylic acids is 3. The van der Waals surface area contributed by atoms with Gasteiger partial charge in [0.2, 0.25) is 0 Å². The van der Waals surface area contributed by atoms with Gasteiger partial charge in [-0.3, -0.25) is 39.8 Å². The van der Waals surface area contributed by atoms with E-state index >= 15 is 0 Å². The topological polar surface area (TPSA) is 152 Å². The summed E-state index contributed by atoms with van der Waals surface area (Å²) in [5, 5.41) is 12.6. The third-order valence-electron chi connectivity index (χ3n) is 5.82. The third-order valence-corrected chi connectivity index (χ3v) is 5.82. The monoisotopic (exact) mass is 451 g/mol. The molecule has 178 valence electrons. The van der Waals surface area contributed by atoms with E-state index in [1.54, 1.807) is 10.0 Å². The van der Waals surface area contributed by atoms with E-state index in [1.807, 2.05) is 9.80 Å². The first-order valence-electron chi connectivity index (χ1n) is 10.6. The summed E-state index contributed by atoms with van der Waals surface area (Å²) < 4.78 is 0. The highest BCUT2D eigenvalue weighted by atomic mass is 16.4. The summed E-state index contributed by atoms with van der Waals surface area (Å²) in [6, 6.07) is 0. The average Bonchev–Trinajstić information content (AvgIpc) is 2.77. The molecule has 2 heterocycles. The van der Waals surface area contributed by atoms with Gasteiger partial charge >= 0.3 is 5.97 Å². The number of hydrogen-bond donors (Lipinski definition) is 4. The second-order valence-corrected chi connectivity index (χ2v) is 7.74. The van der Waals surface area contributed by atoms with Crippen LogP contribution in [0.4, 0.5) is 0 Å². The fourth-order valence-electron chi connectivity index (χ4n) is 4.22. The molecule has 12 heteroatoms. The van der Waals surface area contributed by atoms with E-state index in [1.165, 1.54) is 12.2 Å². The molecule has 0 aliphatic carbocycles. The third kappa shape index (κ3) is 6.36. The van der Waals surface area contributed by atoms with Gasteiger partial charge in [0.1, 0.15) is 0 Å². The number of hydrogen-bond acceptors (Lipinski definition) is 8. The molecule has 12 nitrogen and oxygen atoms in total. The molecule has 0 saturated carbocycles. The van der Waals surface area contributed by atoms with Crippen molar-refractivity contribution in [3.63, 3.8) is 0 Å². The lowest BCUT2D eigenvalue weighted by Gasteiger charge is -2.53. The SMILES string of the molecule is C=CC(=O)NN1CCN(C(CCCC(=O)O)(C(N)=O)N2CCN(NC(=O)C=C)CC2)CC1. The van der Waals surface area contributed by atoms with Crippen LogP contribution in [0, 0.1) is 0 Å². The maximum Gasteiger partial charge on any atom is 0.303 e. The number of amides is 3. The summed E-state index contributed by atoms with van der Waals surface area (Å²) in [5.74, 6) is -2.08. The maximum atomic E-state index is 12.9. The van der Waals surface area contributed by atoms with Crippen molar-refractivity contribution in [3.8, 4) is 0 Å². The smallest absolute Gasteiger partial charge is 0.303 e. The molecule has 2 fully saturated rings. The molecule has 0 aromatic heterocycles. The predicted molar refractivity (Wildman–Crippen MR) is 116 cm³/mol. The van der Waals surface area contributed by atoms with E-state index in [0.717, 1.165) is 0 Å². The van der Waals surface area contributed by atoms with Gasteiger partial charge in [0.05, 0.1) is 0 Å². The number of hydrazine groups is 2. The van der Waals surface area contributed by atoms with E-state index in [2.05, 4.69) is 24.0 Å². The summed E-state index contributed by atoms with van der Waals surface area (Å²) >= 11 is 0. The molecule has 2 aliphatic rings. The molecule has 0 atom stereocenters. The number of aliphatic carboxylic acids is 1. The fourth-order valence-corrected chi connectivity index (χ4v) is 4.22. The van der Waals surface area contributed by atoms with Crippen molar-refractivity contribution in [1.29, 1.82) is 0 Å². The molecular weight excluding hydrogens is 418 g/mol. The summed E-state index contributed by atoms with van der Waals surface area (Å²) in [6.45, 7) is 10.6.